The molecule has 1 heterocycles. The molecule has 1 saturated heterocycles. The Bertz CT molecular complexity index is 1020. The van der Waals surface area contributed by atoms with Crippen LogP contribution in [0, 0.1) is 6.07 Å². The fraction of sp³-hybridized carbons (Fsp3) is 0.357. The van der Waals surface area contributed by atoms with Gasteiger partial charge in [0.15, 0.2) is 0 Å². The molecule has 0 atom stereocenters. The van der Waals surface area contributed by atoms with Crippen molar-refractivity contribution >= 4 is 5.69 Å². The van der Waals surface area contributed by atoms with Crippen LogP contribution >= 0.6 is 0 Å². The summed E-state index contributed by atoms with van der Waals surface area (Å²) < 4.78 is 5.92. The third-order valence-electron chi connectivity index (χ3n) is 5.94. The van der Waals surface area contributed by atoms with E-state index in [1.165, 1.54) is 24.1 Å². The second-order valence-electron chi connectivity index (χ2n) is 9.25. The molecule has 165 valence electrons. The van der Waals surface area contributed by atoms with Gasteiger partial charge in [-0.25, -0.2) is 0 Å². The molecule has 1 radical (unpaired) electrons. The summed E-state index contributed by atoms with van der Waals surface area (Å²) in [6.45, 7) is 9.40. The molecule has 1 aliphatic heterocycles. The summed E-state index contributed by atoms with van der Waals surface area (Å²) in [6.07, 6.45) is 2.53. The minimum Gasteiger partial charge on any atom is -0.491 e. The van der Waals surface area contributed by atoms with Crippen LogP contribution in [0.5, 0.6) is 5.75 Å². The average molecular weight is 503 g/mol. The minimum absolute atomic E-state index is 0. The van der Waals surface area contributed by atoms with Crippen molar-refractivity contribution in [3.63, 3.8) is 0 Å². The summed E-state index contributed by atoms with van der Waals surface area (Å²) >= 11 is 0. The molecule has 0 spiro atoms. The molecular weight excluding hydrogens is 471 g/mol. The van der Waals surface area contributed by atoms with E-state index in [4.69, 9.17) is 4.74 Å². The van der Waals surface area contributed by atoms with Crippen LogP contribution in [-0.2, 0) is 38.1 Å². The van der Waals surface area contributed by atoms with Gasteiger partial charge in [-0.1, -0.05) is 32.9 Å². The predicted molar refractivity (Wildman–Crippen MR) is 129 cm³/mol. The molecule has 1 aliphatic rings. The number of anilines is 1. The van der Waals surface area contributed by atoms with E-state index in [1.807, 2.05) is 18.2 Å². The summed E-state index contributed by atoms with van der Waals surface area (Å²) in [4.78, 5) is 2.52. The van der Waals surface area contributed by atoms with Crippen molar-refractivity contribution in [2.24, 2.45) is 0 Å². The second-order valence-corrected chi connectivity index (χ2v) is 9.25. The fourth-order valence-corrected chi connectivity index (χ4v) is 4.33. The van der Waals surface area contributed by atoms with Gasteiger partial charge in [0, 0.05) is 57.0 Å². The molecule has 0 amide bonds. The van der Waals surface area contributed by atoms with Gasteiger partial charge in [0.1, 0.15) is 12.4 Å². The molecule has 1 N–H and O–H groups in total. The van der Waals surface area contributed by atoms with Crippen LogP contribution in [-0.4, -0.2) is 31.4 Å². The molecule has 1 fully saturated rings. The van der Waals surface area contributed by atoms with Gasteiger partial charge in [0.05, 0.1) is 6.61 Å². The average Bonchev–Trinajstić information content (AvgIpc) is 3.32. The van der Waals surface area contributed by atoms with E-state index in [-0.39, 0.29) is 51.3 Å². The number of aliphatic hydroxyl groups excluding tert-OH is 1. The van der Waals surface area contributed by atoms with Crippen molar-refractivity contribution in [3.05, 3.63) is 72.3 Å². The first-order valence-corrected chi connectivity index (χ1v) is 11.2. The predicted octanol–water partition coefficient (Wildman–Crippen LogP) is 6.09. The van der Waals surface area contributed by atoms with Crippen LogP contribution < -0.4 is 9.64 Å². The van der Waals surface area contributed by atoms with Crippen molar-refractivity contribution in [2.75, 3.05) is 31.2 Å². The van der Waals surface area contributed by atoms with Crippen LogP contribution in [0.25, 0.3) is 22.3 Å². The van der Waals surface area contributed by atoms with Gasteiger partial charge in [-0.3, -0.25) is 0 Å². The summed E-state index contributed by atoms with van der Waals surface area (Å²) in [5.74, 6) is 0.800. The molecule has 32 heavy (non-hydrogen) atoms. The number of hydrogen-bond acceptors (Lipinski definition) is 3. The van der Waals surface area contributed by atoms with Crippen molar-refractivity contribution < 1.29 is 42.6 Å². The zero-order chi connectivity index (χ0) is 21.8. The Morgan fingerprint density at radius 3 is 2.25 bits per heavy atom. The molecule has 4 rings (SSSR count). The molecular formula is C28H32NO2Y-. The zero-order valence-electron chi connectivity index (χ0n) is 19.4. The zero-order valence-corrected chi connectivity index (χ0v) is 22.2. The summed E-state index contributed by atoms with van der Waals surface area (Å²) in [6, 6.07) is 24.2. The Kier molecular flexibility index (Phi) is 8.55. The van der Waals surface area contributed by atoms with E-state index in [0.29, 0.717) is 0 Å². The van der Waals surface area contributed by atoms with Crippen LogP contribution in [0.1, 0.15) is 39.2 Å². The Labute approximate surface area is 217 Å². The maximum absolute atomic E-state index is 9.30. The number of nitrogens with zero attached hydrogens (tertiary/aromatic N) is 1. The Morgan fingerprint density at radius 1 is 0.906 bits per heavy atom. The molecule has 0 aliphatic carbocycles. The normalized spacial score (nSPS) is 13.7. The summed E-state index contributed by atoms with van der Waals surface area (Å²) in [5.41, 5.74) is 7.23. The fourth-order valence-electron chi connectivity index (χ4n) is 4.33. The van der Waals surface area contributed by atoms with E-state index in [1.54, 1.807) is 0 Å². The van der Waals surface area contributed by atoms with Crippen molar-refractivity contribution in [2.45, 2.75) is 39.0 Å². The van der Waals surface area contributed by atoms with Crippen LogP contribution in [0.3, 0.4) is 0 Å². The molecule has 0 aromatic heterocycles. The van der Waals surface area contributed by atoms with Crippen molar-refractivity contribution in [1.82, 2.24) is 0 Å². The Morgan fingerprint density at radius 2 is 1.59 bits per heavy atom. The van der Waals surface area contributed by atoms with Gasteiger partial charge in [-0.15, -0.1) is 5.56 Å². The van der Waals surface area contributed by atoms with E-state index >= 15 is 0 Å². The van der Waals surface area contributed by atoms with E-state index < -0.39 is 0 Å². The maximum atomic E-state index is 9.30. The van der Waals surface area contributed by atoms with Crippen LogP contribution in [0.15, 0.2) is 60.7 Å². The molecule has 4 heteroatoms. The third-order valence-corrected chi connectivity index (χ3v) is 5.94. The molecule has 3 aromatic carbocycles. The Balaban J connectivity index is 0.00000289. The number of rotatable bonds is 6. The van der Waals surface area contributed by atoms with Crippen LogP contribution in [0.2, 0.25) is 0 Å². The molecule has 3 nitrogen and oxygen atoms in total. The van der Waals surface area contributed by atoms with Crippen molar-refractivity contribution in [1.29, 1.82) is 0 Å². The summed E-state index contributed by atoms with van der Waals surface area (Å²) in [5, 5.41) is 9.30. The van der Waals surface area contributed by atoms with E-state index in [2.05, 4.69) is 74.2 Å². The number of benzene rings is 3. The van der Waals surface area contributed by atoms with Gasteiger partial charge in [-0.05, 0) is 59.2 Å². The SMILES string of the molecule is CC(C)(C)c1cc(-c2cc(-c3cc[c-]cc3)ccc2OCCO)ccc1N1CCCC1.[Y]. The van der Waals surface area contributed by atoms with Gasteiger partial charge >= 0.3 is 0 Å². The molecule has 0 bridgehead atoms. The monoisotopic (exact) mass is 503 g/mol. The quantitative estimate of drug-likeness (QED) is 0.414. The molecule has 0 saturated carbocycles. The van der Waals surface area contributed by atoms with Gasteiger partial charge in [0.2, 0.25) is 0 Å². The van der Waals surface area contributed by atoms with Crippen LogP contribution in [0.4, 0.5) is 5.69 Å². The third kappa shape index (κ3) is 5.62. The number of ether oxygens (including phenoxy) is 1. The van der Waals surface area contributed by atoms with Gasteiger partial charge in [0.25, 0.3) is 0 Å². The largest absolute Gasteiger partial charge is 0.491 e. The first-order valence-electron chi connectivity index (χ1n) is 11.2. The van der Waals surface area contributed by atoms with Gasteiger partial charge < -0.3 is 14.7 Å². The summed E-state index contributed by atoms with van der Waals surface area (Å²) in [7, 11) is 0. The first-order chi connectivity index (χ1) is 15.0. The minimum atomic E-state index is -0.00312. The first kappa shape index (κ1) is 25.0. The van der Waals surface area contributed by atoms with E-state index in [9.17, 15) is 5.11 Å². The second kappa shape index (κ2) is 11.0. The molecule has 0 unspecified atom stereocenters. The Hall–Kier alpha value is -1.68. The number of aliphatic hydroxyl groups is 1. The standard InChI is InChI=1S/C28H32NO2.Y/c1-28(2,3)25-20-23(11-13-26(25)29-15-7-8-16-29)24-19-22(21-9-5-4-6-10-21)12-14-27(24)31-18-17-30;/h5-6,9-14,19-20,30H,7-8,15-18H2,1-3H3;/q-1;. The van der Waals surface area contributed by atoms with E-state index in [0.717, 1.165) is 41.1 Å². The maximum Gasteiger partial charge on any atom is 0.127 e. The molecule has 3 aromatic rings. The van der Waals surface area contributed by atoms with Crippen molar-refractivity contribution in [3.8, 4) is 28.0 Å². The smallest absolute Gasteiger partial charge is 0.127 e. The van der Waals surface area contributed by atoms with Gasteiger partial charge in [-0.2, -0.15) is 30.3 Å². The number of hydrogen-bond donors (Lipinski definition) is 1. The topological polar surface area (TPSA) is 32.7 Å².